The molecule has 6 nitrogen and oxygen atoms in total. The second-order valence-corrected chi connectivity index (χ2v) is 6.21. The Morgan fingerprint density at radius 3 is 2.50 bits per heavy atom. The molecule has 158 valence electrons. The number of carbonyl (C=O) groups is 2. The van der Waals surface area contributed by atoms with Crippen LogP contribution in [0.25, 0.3) is 11.0 Å². The van der Waals surface area contributed by atoms with Crippen LogP contribution >= 0.6 is 0 Å². The molecule has 9 heteroatoms. The molecule has 0 fully saturated rings. The van der Waals surface area contributed by atoms with E-state index in [4.69, 9.17) is 13.9 Å². The molecule has 0 unspecified atom stereocenters. The van der Waals surface area contributed by atoms with Gasteiger partial charge in [-0.05, 0) is 25.1 Å². The summed E-state index contributed by atoms with van der Waals surface area (Å²) < 4.78 is 54.9. The molecule has 30 heavy (non-hydrogen) atoms. The second kappa shape index (κ2) is 9.00. The maximum atomic E-state index is 13.0. The van der Waals surface area contributed by atoms with E-state index in [1.165, 1.54) is 12.1 Å². The summed E-state index contributed by atoms with van der Waals surface area (Å²) in [4.78, 5) is 24.5. The van der Waals surface area contributed by atoms with Crippen molar-refractivity contribution in [1.82, 2.24) is 0 Å². The molecule has 0 radical (unpaired) electrons. The van der Waals surface area contributed by atoms with Crippen LogP contribution in [0.5, 0.6) is 0 Å². The molecule has 0 saturated heterocycles. The molecule has 2 aromatic carbocycles. The highest BCUT2D eigenvalue weighted by Gasteiger charge is 2.33. The molecule has 0 saturated carbocycles. The molecule has 1 aromatic heterocycles. The molecule has 0 bridgehead atoms. The number of halogens is 3. The summed E-state index contributed by atoms with van der Waals surface area (Å²) in [6.07, 6.45) is -4.64. The molecule has 3 aromatic rings. The Balaban J connectivity index is 1.71. The molecule has 0 aliphatic heterocycles. The van der Waals surface area contributed by atoms with Crippen LogP contribution in [-0.4, -0.2) is 25.1 Å². The Kier molecular flexibility index (Phi) is 6.41. The van der Waals surface area contributed by atoms with E-state index in [-0.39, 0.29) is 12.4 Å². The maximum absolute atomic E-state index is 13.0. The van der Waals surface area contributed by atoms with Gasteiger partial charge in [0.25, 0.3) is 5.91 Å². The van der Waals surface area contributed by atoms with Gasteiger partial charge in [-0.2, -0.15) is 13.2 Å². The van der Waals surface area contributed by atoms with Crippen molar-refractivity contribution < 1.29 is 36.7 Å². The predicted octanol–water partition coefficient (Wildman–Crippen LogP) is 4.78. The average Bonchev–Trinajstić information content (AvgIpc) is 3.08. The fourth-order valence-corrected chi connectivity index (χ4v) is 2.83. The number of fused-ring (bicyclic) bond motifs is 1. The number of para-hydroxylation sites is 2. The smallest absolute Gasteiger partial charge is 0.418 e. The van der Waals surface area contributed by atoms with E-state index >= 15 is 0 Å². The molecule has 1 heterocycles. The third kappa shape index (κ3) is 4.80. The fourth-order valence-electron chi connectivity index (χ4n) is 2.83. The van der Waals surface area contributed by atoms with Gasteiger partial charge in [-0.3, -0.25) is 4.79 Å². The van der Waals surface area contributed by atoms with Gasteiger partial charge in [-0.1, -0.05) is 30.3 Å². The van der Waals surface area contributed by atoms with Crippen LogP contribution in [0, 0.1) is 0 Å². The Labute approximate surface area is 169 Å². The van der Waals surface area contributed by atoms with E-state index in [0.29, 0.717) is 23.1 Å². The second-order valence-electron chi connectivity index (χ2n) is 6.21. The SMILES string of the molecule is CCOCc1c(C(=O)OCC(=O)Nc2ccccc2C(F)(F)F)oc2ccccc12. The van der Waals surface area contributed by atoms with Crippen LogP contribution in [-0.2, 0) is 27.1 Å². The summed E-state index contributed by atoms with van der Waals surface area (Å²) in [7, 11) is 0. The first-order valence-electron chi connectivity index (χ1n) is 9.02. The minimum absolute atomic E-state index is 0.100. The molecule has 0 aliphatic carbocycles. The lowest BCUT2D eigenvalue weighted by Gasteiger charge is -2.13. The number of nitrogens with one attached hydrogen (secondary N) is 1. The molecule has 1 amide bonds. The molecule has 3 rings (SSSR count). The standard InChI is InChI=1S/C21H18F3NO5/c1-2-28-11-14-13-7-3-6-10-17(13)30-19(14)20(27)29-12-18(26)25-16-9-5-4-8-15(16)21(22,23)24/h3-10H,2,11-12H2,1H3,(H,25,26). The van der Waals surface area contributed by atoms with E-state index in [0.717, 1.165) is 12.1 Å². The molecule has 1 N–H and O–H groups in total. The van der Waals surface area contributed by atoms with Crippen molar-refractivity contribution in [2.45, 2.75) is 19.7 Å². The van der Waals surface area contributed by atoms with Gasteiger partial charge in [0.2, 0.25) is 5.76 Å². The number of benzene rings is 2. The van der Waals surface area contributed by atoms with Gasteiger partial charge in [0.05, 0.1) is 17.9 Å². The zero-order valence-electron chi connectivity index (χ0n) is 15.9. The summed E-state index contributed by atoms with van der Waals surface area (Å²) >= 11 is 0. The number of esters is 1. The number of rotatable bonds is 7. The topological polar surface area (TPSA) is 77.8 Å². The largest absolute Gasteiger partial charge is 0.450 e. The quantitative estimate of drug-likeness (QED) is 0.556. The first-order valence-corrected chi connectivity index (χ1v) is 9.02. The first-order chi connectivity index (χ1) is 14.3. The van der Waals surface area contributed by atoms with Crippen LogP contribution in [0.3, 0.4) is 0 Å². The lowest BCUT2D eigenvalue weighted by atomic mass is 10.1. The van der Waals surface area contributed by atoms with Crippen LogP contribution in [0.4, 0.5) is 18.9 Å². The molecule has 0 atom stereocenters. The van der Waals surface area contributed by atoms with Crippen molar-refractivity contribution in [3.8, 4) is 0 Å². The number of anilines is 1. The first kappa shape index (κ1) is 21.4. The number of hydrogen-bond donors (Lipinski definition) is 1. The number of amides is 1. The fraction of sp³-hybridized carbons (Fsp3) is 0.238. The third-order valence-corrected chi connectivity index (χ3v) is 4.18. The normalized spacial score (nSPS) is 11.5. The highest BCUT2D eigenvalue weighted by atomic mass is 19.4. The van der Waals surface area contributed by atoms with Crippen molar-refractivity contribution in [3.63, 3.8) is 0 Å². The Morgan fingerprint density at radius 2 is 1.77 bits per heavy atom. The van der Waals surface area contributed by atoms with Crippen LogP contribution in [0.2, 0.25) is 0 Å². The zero-order valence-corrected chi connectivity index (χ0v) is 15.9. The van der Waals surface area contributed by atoms with Crippen molar-refractivity contribution in [1.29, 1.82) is 0 Å². The van der Waals surface area contributed by atoms with E-state index in [1.54, 1.807) is 31.2 Å². The van der Waals surface area contributed by atoms with Gasteiger partial charge < -0.3 is 19.2 Å². The lowest BCUT2D eigenvalue weighted by molar-refractivity contribution is -0.137. The van der Waals surface area contributed by atoms with Crippen molar-refractivity contribution in [2.24, 2.45) is 0 Å². The van der Waals surface area contributed by atoms with Crippen molar-refractivity contribution in [3.05, 3.63) is 65.4 Å². The Morgan fingerprint density at radius 1 is 1.07 bits per heavy atom. The van der Waals surface area contributed by atoms with E-state index < -0.39 is 35.9 Å². The molecule has 0 aliphatic rings. The highest BCUT2D eigenvalue weighted by molar-refractivity contribution is 5.98. The third-order valence-electron chi connectivity index (χ3n) is 4.18. The number of carbonyl (C=O) groups excluding carboxylic acids is 2. The zero-order chi connectivity index (χ0) is 21.7. The van der Waals surface area contributed by atoms with Gasteiger partial charge >= 0.3 is 12.1 Å². The summed E-state index contributed by atoms with van der Waals surface area (Å²) in [5.41, 5.74) is -0.504. The van der Waals surface area contributed by atoms with Crippen LogP contribution in [0.15, 0.2) is 52.9 Å². The van der Waals surface area contributed by atoms with Crippen molar-refractivity contribution in [2.75, 3.05) is 18.5 Å². The summed E-state index contributed by atoms with van der Waals surface area (Å²) in [5.74, 6) is -1.95. The molecule has 0 spiro atoms. The summed E-state index contributed by atoms with van der Waals surface area (Å²) in [6, 6.07) is 11.4. The highest BCUT2D eigenvalue weighted by Crippen LogP contribution is 2.34. The predicted molar refractivity (Wildman–Crippen MR) is 102 cm³/mol. The van der Waals surface area contributed by atoms with E-state index in [2.05, 4.69) is 5.32 Å². The Bertz CT molecular complexity index is 1060. The van der Waals surface area contributed by atoms with Gasteiger partial charge in [0, 0.05) is 17.6 Å². The summed E-state index contributed by atoms with van der Waals surface area (Å²) in [5, 5.41) is 2.78. The van der Waals surface area contributed by atoms with Crippen molar-refractivity contribution >= 4 is 28.5 Å². The summed E-state index contributed by atoms with van der Waals surface area (Å²) in [6.45, 7) is 1.53. The van der Waals surface area contributed by atoms with E-state index in [1.807, 2.05) is 0 Å². The number of furan rings is 1. The minimum atomic E-state index is -4.64. The maximum Gasteiger partial charge on any atom is 0.418 e. The lowest BCUT2D eigenvalue weighted by Crippen LogP contribution is -2.23. The number of alkyl halides is 3. The van der Waals surface area contributed by atoms with Crippen LogP contribution in [0.1, 0.15) is 28.6 Å². The minimum Gasteiger partial charge on any atom is -0.450 e. The van der Waals surface area contributed by atoms with Gasteiger partial charge in [-0.25, -0.2) is 4.79 Å². The van der Waals surface area contributed by atoms with Gasteiger partial charge in [-0.15, -0.1) is 0 Å². The van der Waals surface area contributed by atoms with Gasteiger partial charge in [0.1, 0.15) is 5.58 Å². The molecular formula is C21H18F3NO5. The Hall–Kier alpha value is -3.33. The van der Waals surface area contributed by atoms with E-state index in [9.17, 15) is 22.8 Å². The number of hydrogen-bond acceptors (Lipinski definition) is 5. The molecular weight excluding hydrogens is 403 g/mol. The average molecular weight is 421 g/mol. The number of ether oxygens (including phenoxy) is 2. The van der Waals surface area contributed by atoms with Gasteiger partial charge in [0.15, 0.2) is 6.61 Å². The monoisotopic (exact) mass is 421 g/mol. The van der Waals surface area contributed by atoms with Crippen LogP contribution < -0.4 is 5.32 Å².